The molecule has 3 aliphatic rings. The molecule has 9 nitrogen and oxygen atoms in total. The first-order valence-corrected chi connectivity index (χ1v) is 11.7. The number of carbonyl (C=O) groups excluding carboxylic acids is 2. The second-order valence-corrected chi connectivity index (χ2v) is 9.55. The minimum atomic E-state index is -0.278. The van der Waals surface area contributed by atoms with Crippen molar-refractivity contribution < 1.29 is 9.59 Å². The van der Waals surface area contributed by atoms with Gasteiger partial charge in [0.2, 0.25) is 0 Å². The number of fused-ring (bicyclic) bond motifs is 4. The molecule has 31 heavy (non-hydrogen) atoms. The Kier molecular flexibility index (Phi) is 5.47. The molecule has 2 aromatic rings. The lowest BCUT2D eigenvalue weighted by Gasteiger charge is -2.42. The number of pyridine rings is 1. The standard InChI is InChI=1S/C21H26N6O3S/c28-17-8-4-7-16-14-9-13(11-27(16)17)10-26(12-14)21(30)23-20-18(24-25-31-20)19(29)22-15-5-2-1-3-6-15/h4,7-8,13-15H,1-3,5-6,9-12H2,(H,22,29)(H,23,30)/t13-,14-/m1/s1. The highest BCUT2D eigenvalue weighted by Crippen LogP contribution is 2.35. The SMILES string of the molecule is O=C(NC1CCCCC1)c1nnsc1NC(=O)N1C[C@H]2C[C@H](C1)c1cccc(=O)n1C2. The van der Waals surface area contributed by atoms with Crippen molar-refractivity contribution in [1.29, 1.82) is 0 Å². The molecule has 0 spiro atoms. The van der Waals surface area contributed by atoms with Gasteiger partial charge in [0.1, 0.15) is 0 Å². The summed E-state index contributed by atoms with van der Waals surface area (Å²) in [6, 6.07) is 5.26. The van der Waals surface area contributed by atoms with Gasteiger partial charge in [-0.05, 0) is 31.2 Å². The van der Waals surface area contributed by atoms with Crippen LogP contribution in [0.3, 0.4) is 0 Å². The van der Waals surface area contributed by atoms with Crippen LogP contribution in [0.1, 0.15) is 60.6 Å². The Morgan fingerprint density at radius 1 is 1.10 bits per heavy atom. The van der Waals surface area contributed by atoms with Crippen LogP contribution in [0.25, 0.3) is 0 Å². The van der Waals surface area contributed by atoms with E-state index in [4.69, 9.17) is 0 Å². The molecular weight excluding hydrogens is 416 g/mol. The lowest BCUT2D eigenvalue weighted by atomic mass is 9.83. The summed E-state index contributed by atoms with van der Waals surface area (Å²) >= 11 is 1.02. The summed E-state index contributed by atoms with van der Waals surface area (Å²) < 4.78 is 5.73. The van der Waals surface area contributed by atoms with Crippen molar-refractivity contribution in [3.8, 4) is 0 Å². The van der Waals surface area contributed by atoms with Crippen molar-refractivity contribution in [3.63, 3.8) is 0 Å². The lowest BCUT2D eigenvalue weighted by Crippen LogP contribution is -2.50. The number of likely N-dealkylation sites (tertiary alicyclic amines) is 1. The number of urea groups is 1. The first-order valence-electron chi connectivity index (χ1n) is 11.0. The van der Waals surface area contributed by atoms with Crippen molar-refractivity contribution >= 4 is 28.5 Å². The first-order chi connectivity index (χ1) is 15.1. The van der Waals surface area contributed by atoms with E-state index in [9.17, 15) is 14.4 Å². The summed E-state index contributed by atoms with van der Waals surface area (Å²) in [6.07, 6.45) is 6.39. The molecule has 2 aromatic heterocycles. The fraction of sp³-hybridized carbons (Fsp3) is 0.571. The quantitative estimate of drug-likeness (QED) is 0.759. The smallest absolute Gasteiger partial charge is 0.322 e. The molecule has 4 heterocycles. The average molecular weight is 443 g/mol. The zero-order valence-electron chi connectivity index (χ0n) is 17.2. The zero-order chi connectivity index (χ0) is 21.4. The molecule has 1 saturated heterocycles. The van der Waals surface area contributed by atoms with E-state index in [1.54, 1.807) is 17.0 Å². The zero-order valence-corrected chi connectivity index (χ0v) is 18.1. The van der Waals surface area contributed by atoms with E-state index < -0.39 is 0 Å². The molecule has 164 valence electrons. The maximum atomic E-state index is 13.0. The van der Waals surface area contributed by atoms with Crippen LogP contribution < -0.4 is 16.2 Å². The Hall–Kier alpha value is -2.75. The van der Waals surface area contributed by atoms with Crippen LogP contribution in [0.5, 0.6) is 0 Å². The molecule has 2 fully saturated rings. The Labute approximate surface area is 184 Å². The number of carbonyl (C=O) groups is 2. The lowest BCUT2D eigenvalue weighted by molar-refractivity contribution is 0.0923. The van der Waals surface area contributed by atoms with Gasteiger partial charge in [-0.2, -0.15) is 0 Å². The summed E-state index contributed by atoms with van der Waals surface area (Å²) in [4.78, 5) is 39.6. The van der Waals surface area contributed by atoms with E-state index in [0.717, 1.165) is 49.3 Å². The molecule has 2 atom stereocenters. The predicted molar refractivity (Wildman–Crippen MR) is 116 cm³/mol. The van der Waals surface area contributed by atoms with E-state index in [-0.39, 0.29) is 41.1 Å². The highest BCUT2D eigenvalue weighted by atomic mass is 32.1. The fourth-order valence-corrected chi connectivity index (χ4v) is 5.72. The molecule has 5 rings (SSSR count). The normalized spacial score (nSPS) is 23.2. The van der Waals surface area contributed by atoms with Crippen LogP contribution in [0, 0.1) is 5.92 Å². The summed E-state index contributed by atoms with van der Waals surface area (Å²) in [5.41, 5.74) is 1.20. The Morgan fingerprint density at radius 3 is 2.77 bits per heavy atom. The molecule has 10 heteroatoms. The van der Waals surface area contributed by atoms with Gasteiger partial charge in [-0.15, -0.1) is 5.10 Å². The topological polar surface area (TPSA) is 109 Å². The first kappa shape index (κ1) is 20.2. The molecule has 3 amide bonds. The maximum Gasteiger partial charge on any atom is 0.322 e. The molecule has 0 radical (unpaired) electrons. The molecule has 1 aliphatic carbocycles. The van der Waals surface area contributed by atoms with E-state index in [2.05, 4.69) is 20.2 Å². The van der Waals surface area contributed by atoms with Gasteiger partial charge in [0.15, 0.2) is 10.7 Å². The predicted octanol–water partition coefficient (Wildman–Crippen LogP) is 2.41. The van der Waals surface area contributed by atoms with E-state index in [1.807, 2.05) is 10.6 Å². The second-order valence-electron chi connectivity index (χ2n) is 8.79. The van der Waals surface area contributed by atoms with Crippen molar-refractivity contribution in [2.75, 3.05) is 18.4 Å². The Bertz CT molecular complexity index is 1040. The van der Waals surface area contributed by atoms with Gasteiger partial charge in [-0.25, -0.2) is 4.79 Å². The summed E-state index contributed by atoms with van der Waals surface area (Å²) in [6.45, 7) is 1.76. The van der Waals surface area contributed by atoms with Gasteiger partial charge in [0.25, 0.3) is 11.5 Å². The minimum Gasteiger partial charge on any atom is -0.348 e. The summed E-state index contributed by atoms with van der Waals surface area (Å²) in [5.74, 6) is 0.103. The van der Waals surface area contributed by atoms with Crippen LogP contribution in [-0.4, -0.2) is 50.1 Å². The monoisotopic (exact) mass is 442 g/mol. The minimum absolute atomic E-state index is 0.0226. The highest BCUT2D eigenvalue weighted by Gasteiger charge is 2.36. The number of hydrogen-bond donors (Lipinski definition) is 2. The largest absolute Gasteiger partial charge is 0.348 e. The van der Waals surface area contributed by atoms with Crippen molar-refractivity contribution in [1.82, 2.24) is 24.4 Å². The van der Waals surface area contributed by atoms with Gasteiger partial charge < -0.3 is 14.8 Å². The van der Waals surface area contributed by atoms with E-state index >= 15 is 0 Å². The van der Waals surface area contributed by atoms with Gasteiger partial charge in [-0.1, -0.05) is 29.8 Å². The van der Waals surface area contributed by atoms with Gasteiger partial charge >= 0.3 is 6.03 Å². The number of rotatable bonds is 3. The van der Waals surface area contributed by atoms with Crippen LogP contribution in [0.15, 0.2) is 23.0 Å². The van der Waals surface area contributed by atoms with Crippen LogP contribution in [0.4, 0.5) is 9.80 Å². The van der Waals surface area contributed by atoms with Crippen LogP contribution in [-0.2, 0) is 6.54 Å². The Morgan fingerprint density at radius 2 is 1.94 bits per heavy atom. The van der Waals surface area contributed by atoms with Crippen molar-refractivity contribution in [3.05, 3.63) is 39.9 Å². The van der Waals surface area contributed by atoms with E-state index in [0.29, 0.717) is 24.6 Å². The number of piperidine rings is 1. The van der Waals surface area contributed by atoms with Gasteiger partial charge in [-0.3, -0.25) is 14.9 Å². The van der Waals surface area contributed by atoms with Crippen molar-refractivity contribution in [2.24, 2.45) is 5.92 Å². The molecule has 0 unspecified atom stereocenters. The highest BCUT2D eigenvalue weighted by molar-refractivity contribution is 7.10. The number of amides is 3. The van der Waals surface area contributed by atoms with Gasteiger partial charge in [0, 0.05) is 54.9 Å². The molecule has 2 N–H and O–H groups in total. The molecule has 2 bridgehead atoms. The maximum absolute atomic E-state index is 13.0. The molecular formula is C21H26N6O3S. The van der Waals surface area contributed by atoms with Gasteiger partial charge in [0.05, 0.1) is 0 Å². The number of aromatic nitrogens is 3. The average Bonchev–Trinajstić information content (AvgIpc) is 3.23. The number of nitrogens with zero attached hydrogens (tertiary/aromatic N) is 4. The second kappa shape index (κ2) is 8.41. The summed E-state index contributed by atoms with van der Waals surface area (Å²) in [5, 5.41) is 10.2. The third-order valence-corrected chi connectivity index (χ3v) is 7.27. The third kappa shape index (κ3) is 4.08. The third-order valence-electron chi connectivity index (χ3n) is 6.63. The molecule has 2 aliphatic heterocycles. The number of nitrogens with one attached hydrogen (secondary N) is 2. The number of anilines is 1. The Balaban J connectivity index is 1.26. The molecule has 1 saturated carbocycles. The van der Waals surface area contributed by atoms with Crippen LogP contribution >= 0.6 is 11.5 Å². The van der Waals surface area contributed by atoms with Crippen molar-refractivity contribution in [2.45, 2.75) is 57.0 Å². The van der Waals surface area contributed by atoms with Crippen LogP contribution in [0.2, 0.25) is 0 Å². The summed E-state index contributed by atoms with van der Waals surface area (Å²) in [7, 11) is 0. The molecule has 0 aromatic carbocycles. The fourth-order valence-electron chi connectivity index (χ4n) is 5.16. The van der Waals surface area contributed by atoms with E-state index in [1.165, 1.54) is 6.42 Å². The number of hydrogen-bond acceptors (Lipinski definition) is 6.